The van der Waals surface area contributed by atoms with Crippen LogP contribution < -0.4 is 4.57 Å². The maximum absolute atomic E-state index is 8.35. The molecule has 3 heterocycles. The first-order chi connectivity index (χ1) is 13.5. The number of benzene rings is 1. The van der Waals surface area contributed by atoms with Gasteiger partial charge in [0, 0.05) is 33.6 Å². The van der Waals surface area contributed by atoms with Crippen LogP contribution in [0.15, 0.2) is 47.0 Å². The summed E-state index contributed by atoms with van der Waals surface area (Å²) >= 11 is 0. The van der Waals surface area contributed by atoms with Gasteiger partial charge in [0.1, 0.15) is 7.05 Å². The molecule has 0 aliphatic rings. The van der Waals surface area contributed by atoms with E-state index in [9.17, 15) is 0 Å². The fourth-order valence-corrected chi connectivity index (χ4v) is 3.32. The number of hydrogen-bond donors (Lipinski definition) is 0. The zero-order valence-electron chi connectivity index (χ0n) is 18.8. The summed E-state index contributed by atoms with van der Waals surface area (Å²) in [5.41, 5.74) is 5.56. The second kappa shape index (κ2) is 5.69. The molecule has 3 heteroatoms. The van der Waals surface area contributed by atoms with Gasteiger partial charge >= 0.3 is 0 Å². The Morgan fingerprint density at radius 2 is 1.92 bits per heavy atom. The highest BCUT2D eigenvalue weighted by atomic mass is 16.3. The molecule has 126 valence electrons. The summed E-state index contributed by atoms with van der Waals surface area (Å²) in [5, 5.41) is 1.96. The van der Waals surface area contributed by atoms with Crippen molar-refractivity contribution in [2.45, 2.75) is 33.5 Å². The molecule has 0 spiro atoms. The first kappa shape index (κ1) is 11.8. The number of hydrogen-bond acceptors (Lipinski definition) is 2. The number of aromatic nitrogens is 2. The van der Waals surface area contributed by atoms with E-state index in [2.05, 4.69) is 11.1 Å². The minimum absolute atomic E-state index is 0.440. The van der Waals surface area contributed by atoms with Crippen LogP contribution in [0.5, 0.6) is 0 Å². The van der Waals surface area contributed by atoms with Gasteiger partial charge in [-0.3, -0.25) is 0 Å². The van der Waals surface area contributed by atoms with Crippen LogP contribution in [0.3, 0.4) is 0 Å². The molecular weight excluding hydrogens is 308 g/mol. The molecule has 3 aromatic heterocycles. The first-order valence-electron chi connectivity index (χ1n) is 10.3. The van der Waals surface area contributed by atoms with E-state index in [-0.39, 0.29) is 0 Å². The zero-order chi connectivity index (χ0) is 21.1. The predicted octanol–water partition coefficient (Wildman–Crippen LogP) is 5.21. The normalized spacial score (nSPS) is 17.0. The summed E-state index contributed by atoms with van der Waals surface area (Å²) in [4.78, 5) is 4.51. The third-order valence-corrected chi connectivity index (χ3v) is 4.68. The monoisotopic (exact) mass is 335 g/mol. The lowest BCUT2D eigenvalue weighted by Crippen LogP contribution is -2.31. The van der Waals surface area contributed by atoms with Crippen molar-refractivity contribution in [3.05, 3.63) is 59.4 Å². The third-order valence-electron chi connectivity index (χ3n) is 4.68. The molecule has 4 rings (SSSR count). The number of aryl methyl sites for hydroxylation is 3. The van der Waals surface area contributed by atoms with Gasteiger partial charge in [0.2, 0.25) is 11.4 Å². The van der Waals surface area contributed by atoms with E-state index in [1.807, 2.05) is 49.7 Å². The van der Waals surface area contributed by atoms with Gasteiger partial charge in [-0.15, -0.1) is 0 Å². The maximum atomic E-state index is 8.35. The lowest BCUT2D eigenvalue weighted by molar-refractivity contribution is -0.660. The Hall–Kier alpha value is -2.68. The molecule has 0 saturated carbocycles. The molecule has 4 aromatic rings. The van der Waals surface area contributed by atoms with Gasteiger partial charge in [0.15, 0.2) is 11.8 Å². The van der Waals surface area contributed by atoms with Gasteiger partial charge in [-0.05, 0) is 43.5 Å². The lowest BCUT2D eigenvalue weighted by Gasteiger charge is -2.08. The molecular formula is C22H23N2O+. The molecule has 1 aromatic carbocycles. The predicted molar refractivity (Wildman–Crippen MR) is 102 cm³/mol. The molecule has 1 atom stereocenters. The van der Waals surface area contributed by atoms with Crippen LogP contribution in [0.25, 0.3) is 33.3 Å². The van der Waals surface area contributed by atoms with Crippen LogP contribution in [0.1, 0.15) is 42.0 Å². The second-order valence-corrected chi connectivity index (χ2v) is 6.58. The average molecular weight is 335 g/mol. The number of fused-ring (bicyclic) bond motifs is 3. The maximum Gasteiger partial charge on any atom is 0.227 e. The van der Waals surface area contributed by atoms with Crippen molar-refractivity contribution in [1.82, 2.24) is 4.98 Å². The molecule has 25 heavy (non-hydrogen) atoms. The number of pyridine rings is 2. The lowest BCUT2D eigenvalue weighted by atomic mass is 9.99. The topological polar surface area (TPSA) is 29.9 Å². The molecule has 1 unspecified atom stereocenters. The molecule has 0 amide bonds. The Kier molecular flexibility index (Phi) is 2.69. The van der Waals surface area contributed by atoms with Crippen molar-refractivity contribution >= 4 is 22.1 Å². The smallest absolute Gasteiger partial charge is 0.227 e. The van der Waals surface area contributed by atoms with E-state index in [0.29, 0.717) is 11.3 Å². The van der Waals surface area contributed by atoms with E-state index in [1.54, 1.807) is 12.3 Å². The van der Waals surface area contributed by atoms with E-state index < -0.39 is 12.7 Å². The summed E-state index contributed by atoms with van der Waals surface area (Å²) in [5.74, 6) is -1.69. The third kappa shape index (κ3) is 2.51. The van der Waals surface area contributed by atoms with E-state index in [4.69, 9.17) is 9.90 Å². The van der Waals surface area contributed by atoms with Crippen LogP contribution in [0, 0.1) is 13.8 Å². The van der Waals surface area contributed by atoms with Crippen molar-refractivity contribution in [2.24, 2.45) is 7.05 Å². The molecule has 0 radical (unpaired) electrons. The highest BCUT2D eigenvalue weighted by molar-refractivity contribution is 6.08. The molecule has 3 nitrogen and oxygen atoms in total. The van der Waals surface area contributed by atoms with Crippen molar-refractivity contribution in [3.63, 3.8) is 0 Å². The van der Waals surface area contributed by atoms with E-state index in [0.717, 1.165) is 38.9 Å². The Labute approximate surface area is 153 Å². The van der Waals surface area contributed by atoms with Crippen LogP contribution >= 0.6 is 0 Å². The minimum Gasteiger partial charge on any atom is -0.437 e. The SMILES string of the molecule is [2H]C([2H])([2H])C([2H])(C)c1ccc(-c2c(C)ccc3c2oc2nc(C)ccc23)[n+](C)c1. The second-order valence-electron chi connectivity index (χ2n) is 6.58. The van der Waals surface area contributed by atoms with E-state index in [1.165, 1.54) is 6.92 Å². The Bertz CT molecular complexity index is 1260. The molecule has 0 N–H and O–H groups in total. The molecule has 0 saturated heterocycles. The van der Waals surface area contributed by atoms with Crippen LogP contribution in [0.4, 0.5) is 0 Å². The number of furan rings is 1. The summed E-state index contributed by atoms with van der Waals surface area (Å²) < 4.78 is 39.5. The minimum atomic E-state index is -2.42. The summed E-state index contributed by atoms with van der Waals surface area (Å²) in [7, 11) is 1.86. The highest BCUT2D eigenvalue weighted by Gasteiger charge is 2.21. The Morgan fingerprint density at radius 3 is 2.68 bits per heavy atom. The quantitative estimate of drug-likeness (QED) is 0.471. The van der Waals surface area contributed by atoms with Crippen LogP contribution in [-0.4, -0.2) is 4.98 Å². The van der Waals surface area contributed by atoms with E-state index >= 15 is 0 Å². The van der Waals surface area contributed by atoms with Crippen LogP contribution in [-0.2, 0) is 7.05 Å². The van der Waals surface area contributed by atoms with Gasteiger partial charge in [-0.25, -0.2) is 9.55 Å². The van der Waals surface area contributed by atoms with Crippen molar-refractivity contribution in [3.8, 4) is 11.3 Å². The zero-order valence-corrected chi connectivity index (χ0v) is 14.8. The summed E-state index contributed by atoms with van der Waals surface area (Å²) in [6.45, 7) is 2.96. The largest absolute Gasteiger partial charge is 0.437 e. The van der Waals surface area contributed by atoms with Crippen molar-refractivity contribution in [2.75, 3.05) is 0 Å². The average Bonchev–Trinajstić information content (AvgIpc) is 2.98. The molecule has 0 aliphatic heterocycles. The number of rotatable bonds is 2. The fraction of sp³-hybridized carbons (Fsp3) is 0.273. The van der Waals surface area contributed by atoms with Crippen molar-refractivity contribution < 1.29 is 14.5 Å². The summed E-state index contributed by atoms with van der Waals surface area (Å²) in [6.07, 6.45) is 1.72. The first-order valence-corrected chi connectivity index (χ1v) is 8.31. The summed E-state index contributed by atoms with van der Waals surface area (Å²) in [6, 6.07) is 11.7. The van der Waals surface area contributed by atoms with Gasteiger partial charge in [-0.1, -0.05) is 25.9 Å². The van der Waals surface area contributed by atoms with Gasteiger partial charge < -0.3 is 4.42 Å². The molecule has 0 fully saturated rings. The van der Waals surface area contributed by atoms with Crippen molar-refractivity contribution in [1.29, 1.82) is 0 Å². The van der Waals surface area contributed by atoms with Gasteiger partial charge in [0.25, 0.3) is 0 Å². The Balaban J connectivity index is 1.95. The Morgan fingerprint density at radius 1 is 1.12 bits per heavy atom. The van der Waals surface area contributed by atoms with Gasteiger partial charge in [0.05, 0.1) is 5.56 Å². The standard InChI is InChI=1S/C22H23N2O/c1-13(2)16-8-11-19(24(5)12-16)20-14(3)6-9-17-18-10-7-15(4)23-22(18)25-21(17)20/h6-13H,1-5H3/q+1/i1D3,13D. The van der Waals surface area contributed by atoms with Gasteiger partial charge in [-0.2, -0.15) is 0 Å². The molecule has 0 bridgehead atoms. The highest BCUT2D eigenvalue weighted by Crippen LogP contribution is 2.36. The fourth-order valence-electron chi connectivity index (χ4n) is 3.32. The van der Waals surface area contributed by atoms with Crippen LogP contribution in [0.2, 0.25) is 0 Å². The number of nitrogens with zero attached hydrogens (tertiary/aromatic N) is 2. The molecule has 0 aliphatic carbocycles.